The molecule has 1 amide bonds. The highest BCUT2D eigenvalue weighted by Gasteiger charge is 2.43. The van der Waals surface area contributed by atoms with Crippen LogP contribution in [0.5, 0.6) is 0 Å². The minimum absolute atomic E-state index is 0.273. The summed E-state index contributed by atoms with van der Waals surface area (Å²) in [5.74, 6) is -4.65. The molecule has 0 fully saturated rings. The van der Waals surface area contributed by atoms with Crippen LogP contribution in [-0.2, 0) is 10.7 Å². The smallest absolute Gasteiger partial charge is 0.338 e. The maximum Gasteiger partial charge on any atom is 0.350 e. The number of carbonyl (C=O) groups is 1. The summed E-state index contributed by atoms with van der Waals surface area (Å²) >= 11 is 0. The van der Waals surface area contributed by atoms with E-state index in [1.165, 1.54) is 18.3 Å². The quantitative estimate of drug-likeness (QED) is 0.812. The first-order valence-electron chi connectivity index (χ1n) is 5.53. The Balaban J connectivity index is 3.05. The lowest BCUT2D eigenvalue weighted by Crippen LogP contribution is -2.41. The molecule has 1 rings (SSSR count). The van der Waals surface area contributed by atoms with Gasteiger partial charge in [-0.15, -0.1) is 0 Å². The number of hydrogen-bond acceptors (Lipinski definition) is 2. The highest BCUT2D eigenvalue weighted by atomic mass is 19.3. The Labute approximate surface area is 99.5 Å². The summed E-state index contributed by atoms with van der Waals surface area (Å²) in [5, 5.41) is 0. The van der Waals surface area contributed by atoms with Crippen molar-refractivity contribution in [2.45, 2.75) is 26.7 Å². The van der Waals surface area contributed by atoms with E-state index >= 15 is 0 Å². The lowest BCUT2D eigenvalue weighted by molar-refractivity contribution is -0.158. The van der Waals surface area contributed by atoms with Crippen LogP contribution >= 0.6 is 0 Å². The maximum absolute atomic E-state index is 13.9. The number of hydrogen-bond donors (Lipinski definition) is 0. The number of halogens is 2. The predicted octanol–water partition coefficient (Wildman–Crippen LogP) is 2.35. The second-order valence-electron chi connectivity index (χ2n) is 3.74. The third kappa shape index (κ3) is 2.78. The van der Waals surface area contributed by atoms with Gasteiger partial charge in [-0.3, -0.25) is 9.78 Å². The van der Waals surface area contributed by atoms with Gasteiger partial charge in [-0.1, -0.05) is 0 Å². The molecule has 1 heterocycles. The summed E-state index contributed by atoms with van der Waals surface area (Å²) in [7, 11) is 0. The van der Waals surface area contributed by atoms with Crippen LogP contribution in [0, 0.1) is 6.92 Å². The molecule has 0 aliphatic heterocycles. The molecular formula is C12H16F2N2O. The van der Waals surface area contributed by atoms with E-state index in [0.29, 0.717) is 5.69 Å². The Bertz CT molecular complexity index is 403. The largest absolute Gasteiger partial charge is 0.350 e. The molecule has 17 heavy (non-hydrogen) atoms. The zero-order valence-electron chi connectivity index (χ0n) is 10.2. The molecule has 3 nitrogen and oxygen atoms in total. The lowest BCUT2D eigenvalue weighted by Gasteiger charge is -2.24. The zero-order chi connectivity index (χ0) is 13.1. The van der Waals surface area contributed by atoms with E-state index in [-0.39, 0.29) is 18.7 Å². The van der Waals surface area contributed by atoms with Crippen molar-refractivity contribution in [2.75, 3.05) is 13.1 Å². The summed E-state index contributed by atoms with van der Waals surface area (Å²) in [5.41, 5.74) is 0.163. The normalized spacial score (nSPS) is 11.4. The van der Waals surface area contributed by atoms with E-state index in [4.69, 9.17) is 0 Å². The zero-order valence-corrected chi connectivity index (χ0v) is 10.2. The Morgan fingerprint density at radius 1 is 1.41 bits per heavy atom. The van der Waals surface area contributed by atoms with Crippen LogP contribution < -0.4 is 0 Å². The van der Waals surface area contributed by atoms with Gasteiger partial charge < -0.3 is 4.90 Å². The minimum atomic E-state index is -3.49. The van der Waals surface area contributed by atoms with Gasteiger partial charge in [0.25, 0.3) is 5.91 Å². The molecule has 0 unspecified atom stereocenters. The third-order valence-electron chi connectivity index (χ3n) is 2.58. The van der Waals surface area contributed by atoms with Crippen molar-refractivity contribution in [3.63, 3.8) is 0 Å². The molecule has 0 bridgehead atoms. The molecular weight excluding hydrogens is 226 g/mol. The van der Waals surface area contributed by atoms with Gasteiger partial charge in [-0.2, -0.15) is 8.78 Å². The van der Waals surface area contributed by atoms with Crippen LogP contribution in [0.25, 0.3) is 0 Å². The van der Waals surface area contributed by atoms with Gasteiger partial charge >= 0.3 is 5.92 Å². The fourth-order valence-electron chi connectivity index (χ4n) is 1.57. The van der Waals surface area contributed by atoms with Gasteiger partial charge in [0.15, 0.2) is 0 Å². The first kappa shape index (κ1) is 13.5. The Hall–Kier alpha value is -1.52. The molecule has 1 aromatic heterocycles. The third-order valence-corrected chi connectivity index (χ3v) is 2.58. The van der Waals surface area contributed by atoms with Gasteiger partial charge in [0.05, 0.1) is 0 Å². The highest BCUT2D eigenvalue weighted by Crippen LogP contribution is 2.30. The fraction of sp³-hybridized carbons (Fsp3) is 0.500. The summed E-state index contributed by atoms with van der Waals surface area (Å²) in [6.07, 6.45) is 1.29. The van der Waals surface area contributed by atoms with Crippen molar-refractivity contribution in [2.24, 2.45) is 0 Å². The minimum Gasteiger partial charge on any atom is -0.338 e. The van der Waals surface area contributed by atoms with E-state index < -0.39 is 11.8 Å². The molecule has 94 valence electrons. The van der Waals surface area contributed by atoms with Crippen LogP contribution in [0.15, 0.2) is 18.3 Å². The first-order valence-corrected chi connectivity index (χ1v) is 5.53. The number of pyridine rings is 1. The molecule has 0 spiro atoms. The summed E-state index contributed by atoms with van der Waals surface area (Å²) in [4.78, 5) is 16.7. The molecule has 5 heteroatoms. The van der Waals surface area contributed by atoms with Crippen molar-refractivity contribution >= 4 is 5.91 Å². The molecule has 0 atom stereocenters. The highest BCUT2D eigenvalue weighted by molar-refractivity contribution is 5.84. The van der Waals surface area contributed by atoms with Crippen LogP contribution in [0.4, 0.5) is 8.78 Å². The van der Waals surface area contributed by atoms with Gasteiger partial charge in [0.2, 0.25) is 0 Å². The molecule has 0 aromatic carbocycles. The molecule has 0 saturated heterocycles. The summed E-state index contributed by atoms with van der Waals surface area (Å²) in [6, 6.07) is 2.41. The Morgan fingerprint density at radius 3 is 2.47 bits per heavy atom. The number of nitrogens with zero attached hydrogens (tertiary/aromatic N) is 2. The topological polar surface area (TPSA) is 33.2 Å². The van der Waals surface area contributed by atoms with E-state index in [0.717, 1.165) is 4.90 Å². The monoisotopic (exact) mass is 242 g/mol. The standard InChI is InChI=1S/C12H16F2N2O/c1-4-16(5-2)11(17)12(13,14)10-6-7-15-9(3)8-10/h6-8H,4-5H2,1-3H3. The number of aryl methyl sites for hydroxylation is 1. The molecule has 1 aromatic rings. The van der Waals surface area contributed by atoms with Gasteiger partial charge in [-0.25, -0.2) is 0 Å². The lowest BCUT2D eigenvalue weighted by atomic mass is 10.1. The van der Waals surface area contributed by atoms with Gasteiger partial charge in [0, 0.05) is 30.5 Å². The van der Waals surface area contributed by atoms with Gasteiger partial charge in [0.1, 0.15) is 0 Å². The van der Waals surface area contributed by atoms with E-state index in [1.807, 2.05) is 0 Å². The Kier molecular flexibility index (Phi) is 4.15. The van der Waals surface area contributed by atoms with E-state index in [9.17, 15) is 13.6 Å². The Morgan fingerprint density at radius 2 is 2.00 bits per heavy atom. The van der Waals surface area contributed by atoms with Crippen LogP contribution in [0.3, 0.4) is 0 Å². The molecule has 0 N–H and O–H groups in total. The predicted molar refractivity (Wildman–Crippen MR) is 60.8 cm³/mol. The van der Waals surface area contributed by atoms with Crippen LogP contribution in [0.1, 0.15) is 25.1 Å². The van der Waals surface area contributed by atoms with Crippen molar-refractivity contribution < 1.29 is 13.6 Å². The number of rotatable bonds is 4. The average molecular weight is 242 g/mol. The van der Waals surface area contributed by atoms with Crippen molar-refractivity contribution in [1.29, 1.82) is 0 Å². The number of likely N-dealkylation sites (N-methyl/N-ethyl adjacent to an activating group) is 1. The first-order chi connectivity index (χ1) is 7.93. The average Bonchev–Trinajstić information content (AvgIpc) is 2.30. The molecule has 0 saturated carbocycles. The molecule has 0 aliphatic carbocycles. The second kappa shape index (κ2) is 5.21. The van der Waals surface area contributed by atoms with E-state index in [1.54, 1.807) is 20.8 Å². The number of amides is 1. The van der Waals surface area contributed by atoms with Crippen LogP contribution in [-0.4, -0.2) is 28.9 Å². The van der Waals surface area contributed by atoms with E-state index in [2.05, 4.69) is 4.98 Å². The van der Waals surface area contributed by atoms with Crippen LogP contribution in [0.2, 0.25) is 0 Å². The van der Waals surface area contributed by atoms with Crippen molar-refractivity contribution in [3.8, 4) is 0 Å². The summed E-state index contributed by atoms with van der Waals surface area (Å²) < 4.78 is 27.9. The van der Waals surface area contributed by atoms with Crippen molar-refractivity contribution in [1.82, 2.24) is 9.88 Å². The van der Waals surface area contributed by atoms with Gasteiger partial charge in [-0.05, 0) is 32.9 Å². The molecule has 0 radical (unpaired) electrons. The SMILES string of the molecule is CCN(CC)C(=O)C(F)(F)c1ccnc(C)c1. The molecule has 0 aliphatic rings. The number of aromatic nitrogens is 1. The second-order valence-corrected chi connectivity index (χ2v) is 3.74. The van der Waals surface area contributed by atoms with Crippen molar-refractivity contribution in [3.05, 3.63) is 29.6 Å². The fourth-order valence-corrected chi connectivity index (χ4v) is 1.57. The number of carbonyl (C=O) groups excluding carboxylic acids is 1. The maximum atomic E-state index is 13.9. The summed E-state index contributed by atoms with van der Waals surface area (Å²) in [6.45, 7) is 5.51. The number of alkyl halides is 2.